The number of nitrogens with one attached hydrogen (secondary N) is 5. The molecule has 2 aromatic rings. The van der Waals surface area contributed by atoms with Crippen molar-refractivity contribution >= 4 is 22.5 Å². The topological polar surface area (TPSA) is 77.2 Å². The van der Waals surface area contributed by atoms with Gasteiger partial charge in [-0.3, -0.25) is 10.6 Å². The van der Waals surface area contributed by atoms with Crippen molar-refractivity contribution < 1.29 is 4.79 Å². The van der Waals surface area contributed by atoms with E-state index in [2.05, 4.69) is 46.5 Å². The molecule has 1 heterocycles. The number of carbonyl (C=O) groups is 1. The molecule has 0 saturated carbocycles. The summed E-state index contributed by atoms with van der Waals surface area (Å²) in [5.41, 5.74) is 0.776. The second-order valence-corrected chi connectivity index (χ2v) is 6.17. The van der Waals surface area contributed by atoms with E-state index < -0.39 is 0 Å². The minimum absolute atomic E-state index is 0.192. The lowest BCUT2D eigenvalue weighted by Gasteiger charge is -2.36. The van der Waals surface area contributed by atoms with Crippen molar-refractivity contribution in [2.75, 3.05) is 11.9 Å². The molecule has 128 valence electrons. The SMILES string of the molecule is CCNC1CC(C)NC(NC(=O)Nc2ccc3ccccc3c2)N1. The van der Waals surface area contributed by atoms with Crippen molar-refractivity contribution in [3.05, 3.63) is 42.5 Å². The quantitative estimate of drug-likeness (QED) is 0.596. The summed E-state index contributed by atoms with van der Waals surface area (Å²) in [5.74, 6) is 0. The lowest BCUT2D eigenvalue weighted by atomic mass is 10.1. The van der Waals surface area contributed by atoms with Gasteiger partial charge in [-0.1, -0.05) is 37.3 Å². The highest BCUT2D eigenvalue weighted by Crippen LogP contribution is 2.18. The van der Waals surface area contributed by atoms with Crippen LogP contribution in [0, 0.1) is 0 Å². The van der Waals surface area contributed by atoms with Crippen molar-refractivity contribution in [3.8, 4) is 0 Å². The third kappa shape index (κ3) is 4.23. The summed E-state index contributed by atoms with van der Waals surface area (Å²) in [5, 5.41) is 18.1. The summed E-state index contributed by atoms with van der Waals surface area (Å²) < 4.78 is 0. The van der Waals surface area contributed by atoms with Crippen LogP contribution < -0.4 is 26.6 Å². The van der Waals surface area contributed by atoms with Gasteiger partial charge in [-0.2, -0.15) is 0 Å². The van der Waals surface area contributed by atoms with Crippen molar-refractivity contribution in [2.24, 2.45) is 0 Å². The molecular formula is C18H25N5O. The molecule has 1 aliphatic heterocycles. The highest BCUT2D eigenvalue weighted by molar-refractivity contribution is 5.93. The Bertz CT molecular complexity index is 705. The number of carbonyl (C=O) groups excluding carboxylic acids is 1. The number of rotatable bonds is 4. The molecule has 1 fully saturated rings. The Morgan fingerprint density at radius 2 is 1.96 bits per heavy atom. The third-order valence-electron chi connectivity index (χ3n) is 4.14. The molecule has 24 heavy (non-hydrogen) atoms. The average Bonchev–Trinajstić information content (AvgIpc) is 2.54. The average molecular weight is 327 g/mol. The Morgan fingerprint density at radius 3 is 2.75 bits per heavy atom. The monoisotopic (exact) mass is 327 g/mol. The smallest absolute Gasteiger partial charge is 0.310 e. The molecule has 3 unspecified atom stereocenters. The molecule has 6 nitrogen and oxygen atoms in total. The molecule has 1 aliphatic rings. The van der Waals surface area contributed by atoms with Gasteiger partial charge in [0.25, 0.3) is 0 Å². The highest BCUT2D eigenvalue weighted by atomic mass is 16.2. The first kappa shape index (κ1) is 16.7. The van der Waals surface area contributed by atoms with Crippen molar-refractivity contribution in [1.82, 2.24) is 21.3 Å². The molecule has 6 heteroatoms. The predicted molar refractivity (Wildman–Crippen MR) is 97.7 cm³/mol. The second kappa shape index (κ2) is 7.61. The number of hydrogen-bond donors (Lipinski definition) is 5. The predicted octanol–water partition coefficient (Wildman–Crippen LogP) is 2.15. The molecule has 0 radical (unpaired) electrons. The lowest BCUT2D eigenvalue weighted by Crippen LogP contribution is -2.67. The van der Waals surface area contributed by atoms with Gasteiger partial charge in [0.05, 0.1) is 6.17 Å². The molecule has 0 aromatic heterocycles. The van der Waals surface area contributed by atoms with Crippen LogP contribution in [0.4, 0.5) is 10.5 Å². The minimum atomic E-state index is -0.266. The first-order chi connectivity index (χ1) is 11.6. The zero-order valence-electron chi connectivity index (χ0n) is 14.1. The molecule has 0 aliphatic carbocycles. The van der Waals surface area contributed by atoms with Crippen LogP contribution in [0.2, 0.25) is 0 Å². The molecule has 0 bridgehead atoms. The van der Waals surface area contributed by atoms with Gasteiger partial charge in [0.15, 0.2) is 0 Å². The maximum Gasteiger partial charge on any atom is 0.321 e. The Labute approximate surface area is 142 Å². The van der Waals surface area contributed by atoms with Crippen molar-refractivity contribution in [1.29, 1.82) is 0 Å². The summed E-state index contributed by atoms with van der Waals surface area (Å²) >= 11 is 0. The standard InChI is InChI=1S/C18H25N5O/c1-3-19-16-10-12(2)20-17(22-16)23-18(24)21-15-9-8-13-6-4-5-7-14(13)11-15/h4-9,11-12,16-17,19-20,22H,3,10H2,1-2H3,(H2,21,23,24). The van der Waals surface area contributed by atoms with E-state index in [1.807, 2.05) is 36.4 Å². The summed E-state index contributed by atoms with van der Waals surface area (Å²) in [7, 11) is 0. The molecule has 2 amide bonds. The van der Waals surface area contributed by atoms with Crippen LogP contribution in [0.3, 0.4) is 0 Å². The van der Waals surface area contributed by atoms with Gasteiger partial charge in [-0.05, 0) is 42.8 Å². The Hall–Kier alpha value is -2.15. The number of urea groups is 1. The van der Waals surface area contributed by atoms with Gasteiger partial charge in [0, 0.05) is 11.7 Å². The van der Waals surface area contributed by atoms with Crippen LogP contribution in [0.5, 0.6) is 0 Å². The summed E-state index contributed by atoms with van der Waals surface area (Å²) in [4.78, 5) is 12.3. The van der Waals surface area contributed by atoms with Gasteiger partial charge in [0.2, 0.25) is 0 Å². The maximum absolute atomic E-state index is 12.3. The summed E-state index contributed by atoms with van der Waals surface area (Å²) in [6.07, 6.45) is 0.897. The Balaban J connectivity index is 1.59. The van der Waals surface area contributed by atoms with Gasteiger partial charge < -0.3 is 16.0 Å². The van der Waals surface area contributed by atoms with Gasteiger partial charge in [-0.15, -0.1) is 0 Å². The van der Waals surface area contributed by atoms with Gasteiger partial charge in [0.1, 0.15) is 6.29 Å². The zero-order chi connectivity index (χ0) is 16.9. The van der Waals surface area contributed by atoms with Crippen LogP contribution in [0.15, 0.2) is 42.5 Å². The molecular weight excluding hydrogens is 302 g/mol. The Kier molecular flexibility index (Phi) is 5.30. The summed E-state index contributed by atoms with van der Waals surface area (Å²) in [6.45, 7) is 5.07. The van der Waals surface area contributed by atoms with E-state index in [9.17, 15) is 4.79 Å². The number of anilines is 1. The van der Waals surface area contributed by atoms with E-state index >= 15 is 0 Å². The van der Waals surface area contributed by atoms with Crippen LogP contribution in [0.25, 0.3) is 10.8 Å². The summed E-state index contributed by atoms with van der Waals surface area (Å²) in [6, 6.07) is 14.1. The first-order valence-electron chi connectivity index (χ1n) is 8.46. The highest BCUT2D eigenvalue weighted by Gasteiger charge is 2.25. The largest absolute Gasteiger partial charge is 0.321 e. The van der Waals surface area contributed by atoms with E-state index in [0.717, 1.165) is 29.4 Å². The molecule has 3 atom stereocenters. The van der Waals surface area contributed by atoms with Crippen molar-refractivity contribution in [3.63, 3.8) is 0 Å². The molecule has 2 aromatic carbocycles. The van der Waals surface area contributed by atoms with E-state index in [-0.39, 0.29) is 18.5 Å². The second-order valence-electron chi connectivity index (χ2n) is 6.17. The van der Waals surface area contributed by atoms with Crippen LogP contribution in [-0.4, -0.2) is 31.1 Å². The van der Waals surface area contributed by atoms with Gasteiger partial charge in [-0.25, -0.2) is 4.79 Å². The van der Waals surface area contributed by atoms with E-state index in [1.54, 1.807) is 0 Å². The molecule has 3 rings (SSSR count). The minimum Gasteiger partial charge on any atom is -0.310 e. The number of benzene rings is 2. The molecule has 5 N–H and O–H groups in total. The van der Waals surface area contributed by atoms with Gasteiger partial charge >= 0.3 is 6.03 Å². The van der Waals surface area contributed by atoms with E-state index in [1.165, 1.54) is 0 Å². The van der Waals surface area contributed by atoms with E-state index in [0.29, 0.717) is 6.04 Å². The van der Waals surface area contributed by atoms with Crippen LogP contribution in [-0.2, 0) is 0 Å². The molecule has 1 saturated heterocycles. The Morgan fingerprint density at radius 1 is 1.17 bits per heavy atom. The lowest BCUT2D eigenvalue weighted by molar-refractivity contribution is 0.195. The first-order valence-corrected chi connectivity index (χ1v) is 8.46. The fourth-order valence-electron chi connectivity index (χ4n) is 3.06. The fraction of sp³-hybridized carbons (Fsp3) is 0.389. The number of hydrogen-bond acceptors (Lipinski definition) is 4. The van der Waals surface area contributed by atoms with Crippen molar-refractivity contribution in [2.45, 2.75) is 38.8 Å². The molecule has 0 spiro atoms. The third-order valence-corrected chi connectivity index (χ3v) is 4.14. The number of amides is 2. The van der Waals surface area contributed by atoms with Crippen LogP contribution >= 0.6 is 0 Å². The normalized spacial score (nSPS) is 23.8. The number of fused-ring (bicyclic) bond motifs is 1. The maximum atomic E-state index is 12.3. The van der Waals surface area contributed by atoms with Crippen LogP contribution in [0.1, 0.15) is 20.3 Å². The fourth-order valence-corrected chi connectivity index (χ4v) is 3.06. The van der Waals surface area contributed by atoms with E-state index in [4.69, 9.17) is 0 Å². The zero-order valence-corrected chi connectivity index (χ0v) is 14.1.